The van der Waals surface area contributed by atoms with Gasteiger partial charge in [0.15, 0.2) is 0 Å². The largest absolute Gasteiger partial charge is 0.315 e. The van der Waals surface area contributed by atoms with Gasteiger partial charge in [-0.05, 0) is 18.1 Å². The van der Waals surface area contributed by atoms with Crippen molar-refractivity contribution in [2.75, 3.05) is 7.05 Å². The smallest absolute Gasteiger partial charge is 0.223 e. The standard InChI is InChI=1S/C18H19NO/c1-4-18(19(3)14(2)20)17-13-9-8-12-16(17)15-10-6-5-7-11-15/h4-13H,1-3H3/b18-4-. The van der Waals surface area contributed by atoms with Crippen LogP contribution < -0.4 is 0 Å². The molecule has 0 fully saturated rings. The van der Waals surface area contributed by atoms with Crippen LogP contribution in [0.4, 0.5) is 0 Å². The van der Waals surface area contributed by atoms with Gasteiger partial charge < -0.3 is 4.90 Å². The van der Waals surface area contributed by atoms with Crippen LogP contribution in [0.1, 0.15) is 19.4 Å². The fourth-order valence-electron chi connectivity index (χ4n) is 2.28. The van der Waals surface area contributed by atoms with E-state index in [9.17, 15) is 4.79 Å². The van der Waals surface area contributed by atoms with E-state index in [-0.39, 0.29) is 5.91 Å². The van der Waals surface area contributed by atoms with Gasteiger partial charge in [0, 0.05) is 25.2 Å². The average Bonchev–Trinajstić information content (AvgIpc) is 2.49. The highest BCUT2D eigenvalue weighted by Crippen LogP contribution is 2.30. The van der Waals surface area contributed by atoms with E-state index in [0.29, 0.717) is 0 Å². The first-order valence-electron chi connectivity index (χ1n) is 6.70. The normalized spacial score (nSPS) is 11.2. The zero-order chi connectivity index (χ0) is 14.5. The Morgan fingerprint density at radius 2 is 1.60 bits per heavy atom. The fraction of sp³-hybridized carbons (Fsp3) is 0.167. The van der Waals surface area contributed by atoms with Crippen molar-refractivity contribution in [2.45, 2.75) is 13.8 Å². The summed E-state index contributed by atoms with van der Waals surface area (Å²) in [5.41, 5.74) is 4.28. The predicted octanol–water partition coefficient (Wildman–Crippen LogP) is 4.19. The lowest BCUT2D eigenvalue weighted by molar-refractivity contribution is -0.124. The van der Waals surface area contributed by atoms with Crippen molar-refractivity contribution in [3.63, 3.8) is 0 Å². The third-order valence-electron chi connectivity index (χ3n) is 3.39. The number of carbonyl (C=O) groups is 1. The minimum absolute atomic E-state index is 0.0287. The van der Waals surface area contributed by atoms with Gasteiger partial charge in [-0.3, -0.25) is 4.79 Å². The van der Waals surface area contributed by atoms with E-state index < -0.39 is 0 Å². The van der Waals surface area contributed by atoms with E-state index >= 15 is 0 Å². The van der Waals surface area contributed by atoms with Crippen molar-refractivity contribution in [3.8, 4) is 11.1 Å². The number of nitrogens with zero attached hydrogens (tertiary/aromatic N) is 1. The first-order chi connectivity index (χ1) is 9.65. The number of hydrogen-bond acceptors (Lipinski definition) is 1. The van der Waals surface area contributed by atoms with Crippen LogP contribution in [-0.4, -0.2) is 17.9 Å². The lowest BCUT2D eigenvalue weighted by atomic mass is 9.97. The predicted molar refractivity (Wildman–Crippen MR) is 84.0 cm³/mol. The van der Waals surface area contributed by atoms with Gasteiger partial charge in [0.05, 0.1) is 0 Å². The molecule has 1 amide bonds. The number of hydrogen-bond donors (Lipinski definition) is 0. The molecule has 102 valence electrons. The van der Waals surface area contributed by atoms with Crippen molar-refractivity contribution >= 4 is 11.6 Å². The van der Waals surface area contributed by atoms with Gasteiger partial charge in [-0.2, -0.15) is 0 Å². The van der Waals surface area contributed by atoms with Gasteiger partial charge in [0.2, 0.25) is 5.91 Å². The average molecular weight is 265 g/mol. The summed E-state index contributed by atoms with van der Waals surface area (Å²) in [6.45, 7) is 3.53. The summed E-state index contributed by atoms with van der Waals surface area (Å²) >= 11 is 0. The minimum Gasteiger partial charge on any atom is -0.315 e. The second kappa shape index (κ2) is 6.20. The molecule has 0 spiro atoms. The molecular weight excluding hydrogens is 246 g/mol. The highest BCUT2D eigenvalue weighted by atomic mass is 16.2. The zero-order valence-electron chi connectivity index (χ0n) is 12.1. The van der Waals surface area contributed by atoms with Crippen molar-refractivity contribution in [3.05, 3.63) is 66.2 Å². The molecule has 0 aliphatic rings. The molecule has 0 radical (unpaired) electrons. The summed E-state index contributed by atoms with van der Waals surface area (Å²) in [5.74, 6) is 0.0287. The summed E-state index contributed by atoms with van der Waals surface area (Å²) in [5, 5.41) is 0. The fourth-order valence-corrected chi connectivity index (χ4v) is 2.28. The summed E-state index contributed by atoms with van der Waals surface area (Å²) < 4.78 is 0. The van der Waals surface area contributed by atoms with Crippen LogP contribution in [0, 0.1) is 0 Å². The maximum absolute atomic E-state index is 11.7. The molecule has 20 heavy (non-hydrogen) atoms. The molecule has 0 aromatic heterocycles. The molecular formula is C18H19NO. The molecule has 0 atom stereocenters. The molecule has 2 rings (SSSR count). The molecule has 0 bridgehead atoms. The molecule has 0 unspecified atom stereocenters. The van der Waals surface area contributed by atoms with Crippen LogP contribution in [0.25, 0.3) is 16.8 Å². The molecule has 0 heterocycles. The highest BCUT2D eigenvalue weighted by molar-refractivity contribution is 5.89. The Labute approximate surface area is 120 Å². The Hall–Kier alpha value is -2.35. The molecule has 2 nitrogen and oxygen atoms in total. The molecule has 0 aliphatic heterocycles. The van der Waals surface area contributed by atoms with Gasteiger partial charge in [0.25, 0.3) is 0 Å². The topological polar surface area (TPSA) is 20.3 Å². The highest BCUT2D eigenvalue weighted by Gasteiger charge is 2.14. The SMILES string of the molecule is C/C=C(/c1ccccc1-c1ccccc1)N(C)C(C)=O. The van der Waals surface area contributed by atoms with Gasteiger partial charge in [-0.1, -0.05) is 60.7 Å². The Kier molecular flexibility index (Phi) is 4.36. The molecule has 2 aromatic carbocycles. The van der Waals surface area contributed by atoms with Gasteiger partial charge >= 0.3 is 0 Å². The lowest BCUT2D eigenvalue weighted by Crippen LogP contribution is -2.22. The van der Waals surface area contributed by atoms with E-state index in [1.807, 2.05) is 43.3 Å². The van der Waals surface area contributed by atoms with Crippen LogP contribution in [0.3, 0.4) is 0 Å². The molecule has 0 saturated heterocycles. The van der Waals surface area contributed by atoms with E-state index in [0.717, 1.165) is 22.4 Å². The summed E-state index contributed by atoms with van der Waals surface area (Å²) in [4.78, 5) is 13.3. The third-order valence-corrected chi connectivity index (χ3v) is 3.39. The molecule has 2 aromatic rings. The maximum atomic E-state index is 11.7. The first kappa shape index (κ1) is 14.1. The van der Waals surface area contributed by atoms with Crippen molar-refractivity contribution in [1.82, 2.24) is 4.90 Å². The van der Waals surface area contributed by atoms with Crippen molar-refractivity contribution in [1.29, 1.82) is 0 Å². The Balaban J connectivity index is 2.56. The zero-order valence-corrected chi connectivity index (χ0v) is 12.1. The van der Waals surface area contributed by atoms with E-state index in [1.54, 1.807) is 18.9 Å². The second-order valence-corrected chi connectivity index (χ2v) is 4.66. The van der Waals surface area contributed by atoms with Gasteiger partial charge in [0.1, 0.15) is 0 Å². The van der Waals surface area contributed by atoms with Crippen molar-refractivity contribution < 1.29 is 4.79 Å². The Bertz CT molecular complexity index is 629. The van der Waals surface area contributed by atoms with E-state index in [4.69, 9.17) is 0 Å². The second-order valence-electron chi connectivity index (χ2n) is 4.66. The van der Waals surface area contributed by atoms with Crippen LogP contribution in [0.5, 0.6) is 0 Å². The van der Waals surface area contributed by atoms with E-state index in [1.165, 1.54) is 0 Å². The summed E-state index contributed by atoms with van der Waals surface area (Å²) in [7, 11) is 1.80. The van der Waals surface area contributed by atoms with Gasteiger partial charge in [-0.15, -0.1) is 0 Å². The van der Waals surface area contributed by atoms with Gasteiger partial charge in [-0.25, -0.2) is 0 Å². The quantitative estimate of drug-likeness (QED) is 0.814. The number of amides is 1. The number of benzene rings is 2. The van der Waals surface area contributed by atoms with Crippen LogP contribution in [0.2, 0.25) is 0 Å². The van der Waals surface area contributed by atoms with Crippen LogP contribution in [-0.2, 0) is 4.79 Å². The van der Waals surface area contributed by atoms with Crippen molar-refractivity contribution in [2.24, 2.45) is 0 Å². The summed E-state index contributed by atoms with van der Waals surface area (Å²) in [6.07, 6.45) is 1.98. The Morgan fingerprint density at radius 1 is 1.00 bits per heavy atom. The van der Waals surface area contributed by atoms with Crippen LogP contribution >= 0.6 is 0 Å². The van der Waals surface area contributed by atoms with E-state index in [2.05, 4.69) is 24.3 Å². The first-order valence-corrected chi connectivity index (χ1v) is 6.70. The number of allylic oxidation sites excluding steroid dienone is 1. The molecule has 2 heteroatoms. The Morgan fingerprint density at radius 3 is 2.20 bits per heavy atom. The van der Waals surface area contributed by atoms with Crippen LogP contribution in [0.15, 0.2) is 60.7 Å². The lowest BCUT2D eigenvalue weighted by Gasteiger charge is -2.21. The monoisotopic (exact) mass is 265 g/mol. The molecule has 0 saturated carbocycles. The molecule has 0 aliphatic carbocycles. The summed E-state index contributed by atoms with van der Waals surface area (Å²) in [6, 6.07) is 18.4. The third kappa shape index (κ3) is 2.80. The minimum atomic E-state index is 0.0287. The molecule has 0 N–H and O–H groups in total. The maximum Gasteiger partial charge on any atom is 0.223 e. The number of rotatable bonds is 3. The number of carbonyl (C=O) groups excluding carboxylic acids is 1.